The molecular formula is C11H10N6. The van der Waals surface area contributed by atoms with Gasteiger partial charge in [0, 0.05) is 18.3 Å². The number of fused-ring (bicyclic) bond motifs is 1. The van der Waals surface area contributed by atoms with Crippen LogP contribution in [0.2, 0.25) is 0 Å². The molecule has 0 atom stereocenters. The summed E-state index contributed by atoms with van der Waals surface area (Å²) in [7, 11) is 0. The summed E-state index contributed by atoms with van der Waals surface area (Å²) >= 11 is 0. The van der Waals surface area contributed by atoms with Crippen molar-refractivity contribution in [1.29, 1.82) is 0 Å². The van der Waals surface area contributed by atoms with Crippen molar-refractivity contribution in [3.63, 3.8) is 0 Å². The summed E-state index contributed by atoms with van der Waals surface area (Å²) < 4.78 is 0. The van der Waals surface area contributed by atoms with E-state index in [1.807, 2.05) is 12.1 Å². The smallest absolute Gasteiger partial charge is 0.181 e. The van der Waals surface area contributed by atoms with E-state index in [9.17, 15) is 0 Å². The van der Waals surface area contributed by atoms with Crippen LogP contribution in [0.25, 0.3) is 22.6 Å². The molecule has 0 spiro atoms. The topological polar surface area (TPSA) is 93.4 Å². The van der Waals surface area contributed by atoms with E-state index in [2.05, 4.69) is 24.9 Å². The lowest BCUT2D eigenvalue weighted by molar-refractivity contribution is 0.990. The van der Waals surface area contributed by atoms with Crippen LogP contribution in [0.1, 0.15) is 5.69 Å². The Balaban J connectivity index is 2.13. The molecule has 0 bridgehead atoms. The van der Waals surface area contributed by atoms with Gasteiger partial charge in [-0.3, -0.25) is 4.98 Å². The van der Waals surface area contributed by atoms with Crippen LogP contribution in [0.4, 0.5) is 0 Å². The van der Waals surface area contributed by atoms with E-state index in [-0.39, 0.29) is 0 Å². The molecule has 0 saturated carbocycles. The summed E-state index contributed by atoms with van der Waals surface area (Å²) in [6, 6.07) is 3.79. The molecule has 0 aliphatic heterocycles. The van der Waals surface area contributed by atoms with Crippen molar-refractivity contribution in [3.05, 3.63) is 36.5 Å². The number of nitrogens with one attached hydrogen (secondary N) is 1. The molecule has 0 fully saturated rings. The lowest BCUT2D eigenvalue weighted by Gasteiger charge is -1.98. The third-order valence-corrected chi connectivity index (χ3v) is 2.46. The maximum Gasteiger partial charge on any atom is 0.181 e. The third kappa shape index (κ3) is 1.74. The quantitative estimate of drug-likeness (QED) is 0.676. The summed E-state index contributed by atoms with van der Waals surface area (Å²) in [6.07, 6.45) is 4.89. The predicted octanol–water partition coefficient (Wildman–Crippen LogP) is 0.874. The largest absolute Gasteiger partial charge is 0.335 e. The van der Waals surface area contributed by atoms with Gasteiger partial charge in [-0.25, -0.2) is 15.0 Å². The van der Waals surface area contributed by atoms with Crippen molar-refractivity contribution in [2.75, 3.05) is 0 Å². The molecule has 6 nitrogen and oxygen atoms in total. The Morgan fingerprint density at radius 2 is 2.24 bits per heavy atom. The zero-order chi connectivity index (χ0) is 11.7. The van der Waals surface area contributed by atoms with Gasteiger partial charge in [0.25, 0.3) is 0 Å². The highest BCUT2D eigenvalue weighted by Crippen LogP contribution is 2.18. The minimum atomic E-state index is 0.411. The minimum absolute atomic E-state index is 0.411. The average molecular weight is 226 g/mol. The van der Waals surface area contributed by atoms with E-state index >= 15 is 0 Å². The van der Waals surface area contributed by atoms with Crippen molar-refractivity contribution in [2.45, 2.75) is 6.54 Å². The van der Waals surface area contributed by atoms with Crippen molar-refractivity contribution >= 4 is 11.2 Å². The van der Waals surface area contributed by atoms with Crippen molar-refractivity contribution in [3.8, 4) is 11.4 Å². The first-order chi connectivity index (χ1) is 8.36. The highest BCUT2D eigenvalue weighted by Gasteiger charge is 2.06. The van der Waals surface area contributed by atoms with Crippen LogP contribution < -0.4 is 5.73 Å². The Bertz CT molecular complexity index is 627. The van der Waals surface area contributed by atoms with E-state index in [1.165, 1.54) is 6.33 Å². The molecule has 3 rings (SSSR count). The number of rotatable bonds is 2. The van der Waals surface area contributed by atoms with Gasteiger partial charge in [-0.05, 0) is 12.1 Å². The van der Waals surface area contributed by atoms with Crippen LogP contribution in [0.15, 0.2) is 30.9 Å². The molecule has 84 valence electrons. The highest BCUT2D eigenvalue weighted by molar-refractivity contribution is 5.74. The molecule has 0 amide bonds. The number of pyridine rings is 1. The molecule has 0 saturated heterocycles. The van der Waals surface area contributed by atoms with Gasteiger partial charge < -0.3 is 10.7 Å². The maximum atomic E-state index is 5.56. The molecule has 17 heavy (non-hydrogen) atoms. The normalized spacial score (nSPS) is 10.9. The van der Waals surface area contributed by atoms with Crippen molar-refractivity contribution in [2.24, 2.45) is 5.73 Å². The fraction of sp³-hybridized carbons (Fsp3) is 0.0909. The molecule has 0 aliphatic carbocycles. The Hall–Kier alpha value is -2.34. The second kappa shape index (κ2) is 3.91. The molecule has 3 aromatic heterocycles. The van der Waals surface area contributed by atoms with Crippen LogP contribution in [0.5, 0.6) is 0 Å². The first kappa shape index (κ1) is 9.86. The summed E-state index contributed by atoms with van der Waals surface area (Å²) in [6.45, 7) is 0.411. The van der Waals surface area contributed by atoms with Gasteiger partial charge >= 0.3 is 0 Å². The molecular weight excluding hydrogens is 216 g/mol. The Morgan fingerprint density at radius 1 is 1.29 bits per heavy atom. The predicted molar refractivity (Wildman–Crippen MR) is 62.8 cm³/mol. The Labute approximate surface area is 97.0 Å². The van der Waals surface area contributed by atoms with E-state index in [4.69, 9.17) is 5.73 Å². The van der Waals surface area contributed by atoms with Gasteiger partial charge in [-0.15, -0.1) is 0 Å². The second-order valence-corrected chi connectivity index (χ2v) is 3.59. The number of hydrogen-bond acceptors (Lipinski definition) is 5. The molecule has 6 heteroatoms. The summed E-state index contributed by atoms with van der Waals surface area (Å²) in [4.78, 5) is 19.7. The highest BCUT2D eigenvalue weighted by atomic mass is 15.0. The van der Waals surface area contributed by atoms with E-state index in [0.29, 0.717) is 12.2 Å². The number of imidazole rings is 1. The number of hydrogen-bond donors (Lipinski definition) is 2. The molecule has 0 radical (unpaired) electrons. The van der Waals surface area contributed by atoms with E-state index in [1.54, 1.807) is 12.4 Å². The van der Waals surface area contributed by atoms with Gasteiger partial charge in [-0.2, -0.15) is 0 Å². The number of H-pyrrole nitrogens is 1. The van der Waals surface area contributed by atoms with Crippen LogP contribution in [0.3, 0.4) is 0 Å². The SMILES string of the molecule is NCc1cc(-c2nc3ncncc3[nH]2)ccn1. The van der Waals surface area contributed by atoms with Gasteiger partial charge in [0.15, 0.2) is 5.65 Å². The molecule has 0 aromatic carbocycles. The zero-order valence-corrected chi connectivity index (χ0v) is 8.96. The molecule has 3 heterocycles. The van der Waals surface area contributed by atoms with Gasteiger partial charge in [0.05, 0.1) is 11.9 Å². The second-order valence-electron chi connectivity index (χ2n) is 3.59. The van der Waals surface area contributed by atoms with Crippen LogP contribution in [-0.4, -0.2) is 24.9 Å². The number of nitrogens with two attached hydrogens (primary N) is 1. The summed E-state index contributed by atoms with van der Waals surface area (Å²) in [5, 5.41) is 0. The van der Waals surface area contributed by atoms with Gasteiger partial charge in [-0.1, -0.05) is 0 Å². The van der Waals surface area contributed by atoms with Crippen LogP contribution >= 0.6 is 0 Å². The molecule has 0 aliphatic rings. The lowest BCUT2D eigenvalue weighted by Crippen LogP contribution is -1.99. The summed E-state index contributed by atoms with van der Waals surface area (Å²) in [5.74, 6) is 0.748. The monoisotopic (exact) mass is 226 g/mol. The lowest BCUT2D eigenvalue weighted by atomic mass is 10.2. The summed E-state index contributed by atoms with van der Waals surface area (Å²) in [5.41, 5.74) is 8.79. The first-order valence-corrected chi connectivity index (χ1v) is 5.18. The molecule has 0 unspecified atom stereocenters. The Morgan fingerprint density at radius 3 is 3.06 bits per heavy atom. The fourth-order valence-corrected chi connectivity index (χ4v) is 1.64. The fourth-order valence-electron chi connectivity index (χ4n) is 1.64. The number of aromatic nitrogens is 5. The van der Waals surface area contributed by atoms with Crippen molar-refractivity contribution < 1.29 is 0 Å². The van der Waals surface area contributed by atoms with Gasteiger partial charge in [0.1, 0.15) is 17.7 Å². The molecule has 3 aromatic rings. The Kier molecular flexibility index (Phi) is 2.27. The third-order valence-electron chi connectivity index (χ3n) is 2.46. The zero-order valence-electron chi connectivity index (χ0n) is 8.96. The minimum Gasteiger partial charge on any atom is -0.335 e. The first-order valence-electron chi connectivity index (χ1n) is 5.18. The maximum absolute atomic E-state index is 5.56. The molecule has 3 N–H and O–H groups in total. The van der Waals surface area contributed by atoms with Crippen LogP contribution in [0, 0.1) is 0 Å². The number of aromatic amines is 1. The van der Waals surface area contributed by atoms with Crippen LogP contribution in [-0.2, 0) is 6.54 Å². The van der Waals surface area contributed by atoms with E-state index < -0.39 is 0 Å². The average Bonchev–Trinajstić information content (AvgIpc) is 2.82. The standard InChI is InChI=1S/C11H10N6/c12-4-8-3-7(1-2-14-8)10-16-9-5-13-6-15-11(9)17-10/h1-3,5-6H,4,12H2,(H,13,15,16,17). The van der Waals surface area contributed by atoms with Gasteiger partial charge in [0.2, 0.25) is 0 Å². The van der Waals surface area contributed by atoms with E-state index in [0.717, 1.165) is 22.6 Å². The van der Waals surface area contributed by atoms with Crippen molar-refractivity contribution in [1.82, 2.24) is 24.9 Å². The number of nitrogens with zero attached hydrogens (tertiary/aromatic N) is 4.